The van der Waals surface area contributed by atoms with Gasteiger partial charge in [-0.05, 0) is 72.2 Å². The molecule has 0 unspecified atom stereocenters. The third kappa shape index (κ3) is 4.12. The number of H-pyrrole nitrogens is 1. The molecule has 0 saturated carbocycles. The van der Waals surface area contributed by atoms with Crippen LogP contribution in [0.3, 0.4) is 0 Å². The van der Waals surface area contributed by atoms with Crippen LogP contribution < -0.4 is 10.3 Å². The van der Waals surface area contributed by atoms with Gasteiger partial charge >= 0.3 is 0 Å². The first-order valence-electron chi connectivity index (χ1n) is 8.90. The van der Waals surface area contributed by atoms with E-state index >= 15 is 0 Å². The molecule has 0 aliphatic rings. The summed E-state index contributed by atoms with van der Waals surface area (Å²) in [6.45, 7) is 7.94. The largest absolute Gasteiger partial charge is 0.322 e. The lowest BCUT2D eigenvalue weighted by molar-refractivity contribution is 0.581. The van der Waals surface area contributed by atoms with Crippen molar-refractivity contribution < 1.29 is 8.42 Å². The summed E-state index contributed by atoms with van der Waals surface area (Å²) in [5.74, 6) is 0.369. The van der Waals surface area contributed by atoms with Crippen molar-refractivity contribution in [3.63, 3.8) is 0 Å². The van der Waals surface area contributed by atoms with Crippen LogP contribution in [-0.4, -0.2) is 13.4 Å². The fourth-order valence-corrected chi connectivity index (χ4v) is 3.99. The van der Waals surface area contributed by atoms with E-state index in [1.54, 1.807) is 24.3 Å². The first-order valence-corrected chi connectivity index (χ1v) is 10.4. The van der Waals surface area contributed by atoms with Gasteiger partial charge in [-0.2, -0.15) is 0 Å². The quantitative estimate of drug-likeness (QED) is 0.703. The molecule has 6 heteroatoms. The van der Waals surface area contributed by atoms with Gasteiger partial charge in [0.05, 0.1) is 4.90 Å². The van der Waals surface area contributed by atoms with Gasteiger partial charge < -0.3 is 4.98 Å². The van der Waals surface area contributed by atoms with Crippen LogP contribution in [0.1, 0.15) is 42.0 Å². The molecule has 0 amide bonds. The van der Waals surface area contributed by atoms with E-state index in [2.05, 4.69) is 23.6 Å². The van der Waals surface area contributed by atoms with Gasteiger partial charge in [0.15, 0.2) is 0 Å². The Kier molecular flexibility index (Phi) is 5.22. The summed E-state index contributed by atoms with van der Waals surface area (Å²) in [6, 6.07) is 12.6. The molecule has 5 nitrogen and oxygen atoms in total. The van der Waals surface area contributed by atoms with E-state index in [1.807, 2.05) is 32.0 Å². The third-order valence-corrected chi connectivity index (χ3v) is 6.25. The van der Waals surface area contributed by atoms with Gasteiger partial charge in [0.2, 0.25) is 10.0 Å². The molecule has 0 fully saturated rings. The zero-order valence-electron chi connectivity index (χ0n) is 16.0. The Morgan fingerprint density at radius 3 is 2.41 bits per heavy atom. The van der Waals surface area contributed by atoms with Crippen molar-refractivity contribution in [3.8, 4) is 0 Å². The van der Waals surface area contributed by atoms with Crippen LogP contribution in [0.25, 0.3) is 10.9 Å². The monoisotopic (exact) mass is 384 g/mol. The molecule has 0 aliphatic heterocycles. The molecule has 0 spiro atoms. The molecule has 27 heavy (non-hydrogen) atoms. The second-order valence-electron chi connectivity index (χ2n) is 7.20. The fraction of sp³-hybridized carbons (Fsp3) is 0.286. The molecule has 0 aliphatic carbocycles. The maximum absolute atomic E-state index is 12.6. The number of fused-ring (bicyclic) bond motifs is 1. The molecule has 2 N–H and O–H groups in total. The molecule has 1 heterocycles. The summed E-state index contributed by atoms with van der Waals surface area (Å²) >= 11 is 0. The SMILES string of the molecule is Cc1ccc(S(=O)(=O)NCc2cc3cc(C(C)C)ccc3[nH]c2=O)cc1C. The molecule has 0 saturated heterocycles. The van der Waals surface area contributed by atoms with Gasteiger partial charge in [-0.15, -0.1) is 0 Å². The zero-order chi connectivity index (χ0) is 19.8. The van der Waals surface area contributed by atoms with E-state index in [-0.39, 0.29) is 17.0 Å². The molecule has 142 valence electrons. The first kappa shape index (κ1) is 19.3. The molecule has 1 aromatic heterocycles. The van der Waals surface area contributed by atoms with Crippen LogP contribution in [0.4, 0.5) is 0 Å². The highest BCUT2D eigenvalue weighted by molar-refractivity contribution is 7.89. The number of hydrogen-bond acceptors (Lipinski definition) is 3. The minimum absolute atomic E-state index is 0.0631. The standard InChI is InChI=1S/C21H24N2O3S/c1-13(2)16-6-8-20-17(10-16)11-18(21(24)23-20)12-22-27(25,26)19-7-5-14(3)15(4)9-19/h5-11,13,22H,12H2,1-4H3,(H,23,24). The van der Waals surface area contributed by atoms with E-state index in [1.165, 1.54) is 0 Å². The molecule has 3 rings (SSSR count). The van der Waals surface area contributed by atoms with Gasteiger partial charge in [0.1, 0.15) is 0 Å². The van der Waals surface area contributed by atoms with Gasteiger partial charge in [-0.3, -0.25) is 4.79 Å². The highest BCUT2D eigenvalue weighted by Gasteiger charge is 2.15. The summed E-state index contributed by atoms with van der Waals surface area (Å²) in [7, 11) is -3.69. The molecule has 0 radical (unpaired) electrons. The number of hydrogen-bond donors (Lipinski definition) is 2. The molecule has 2 aromatic carbocycles. The second-order valence-corrected chi connectivity index (χ2v) is 8.96. The Hall–Kier alpha value is -2.44. The van der Waals surface area contributed by atoms with Gasteiger partial charge in [0.25, 0.3) is 5.56 Å². The molecule has 3 aromatic rings. The Balaban J connectivity index is 1.90. The van der Waals surface area contributed by atoms with E-state index in [0.29, 0.717) is 11.5 Å². The van der Waals surface area contributed by atoms with Crippen molar-refractivity contribution >= 4 is 20.9 Å². The van der Waals surface area contributed by atoms with Crippen LogP contribution in [0, 0.1) is 13.8 Å². The Morgan fingerprint density at radius 2 is 1.74 bits per heavy atom. The number of aromatic nitrogens is 1. The summed E-state index contributed by atoms with van der Waals surface area (Å²) in [5.41, 5.74) is 3.93. The van der Waals surface area contributed by atoms with Crippen molar-refractivity contribution in [2.45, 2.75) is 45.1 Å². The molecule has 0 atom stereocenters. The Morgan fingerprint density at radius 1 is 1.00 bits per heavy atom. The van der Waals surface area contributed by atoms with Crippen molar-refractivity contribution in [3.05, 3.63) is 75.1 Å². The van der Waals surface area contributed by atoms with Crippen LogP contribution in [-0.2, 0) is 16.6 Å². The number of sulfonamides is 1. The average molecular weight is 385 g/mol. The Labute approximate surface area is 159 Å². The molecule has 0 bridgehead atoms. The molecular formula is C21H24N2O3S. The van der Waals surface area contributed by atoms with E-state index < -0.39 is 10.0 Å². The smallest absolute Gasteiger partial charge is 0.252 e. The predicted octanol–water partition coefficient (Wildman–Crippen LogP) is 3.75. The topological polar surface area (TPSA) is 79.0 Å². The van der Waals surface area contributed by atoms with E-state index in [9.17, 15) is 13.2 Å². The minimum Gasteiger partial charge on any atom is -0.322 e. The minimum atomic E-state index is -3.69. The van der Waals surface area contributed by atoms with Crippen LogP contribution in [0.15, 0.2) is 52.2 Å². The van der Waals surface area contributed by atoms with Crippen LogP contribution >= 0.6 is 0 Å². The summed E-state index contributed by atoms with van der Waals surface area (Å²) in [6.07, 6.45) is 0. The van der Waals surface area contributed by atoms with Crippen molar-refractivity contribution in [1.29, 1.82) is 0 Å². The lowest BCUT2D eigenvalue weighted by atomic mass is 10.0. The van der Waals surface area contributed by atoms with Gasteiger partial charge in [-0.25, -0.2) is 13.1 Å². The van der Waals surface area contributed by atoms with Crippen LogP contribution in [0.5, 0.6) is 0 Å². The number of rotatable bonds is 5. The van der Waals surface area contributed by atoms with Gasteiger partial charge in [-0.1, -0.05) is 26.0 Å². The summed E-state index contributed by atoms with van der Waals surface area (Å²) in [4.78, 5) is 15.3. The fourth-order valence-electron chi connectivity index (χ4n) is 2.90. The summed E-state index contributed by atoms with van der Waals surface area (Å²) < 4.78 is 27.7. The maximum atomic E-state index is 12.6. The number of pyridine rings is 1. The van der Waals surface area contributed by atoms with E-state index in [4.69, 9.17) is 0 Å². The predicted molar refractivity (Wildman–Crippen MR) is 109 cm³/mol. The van der Waals surface area contributed by atoms with Crippen LogP contribution in [0.2, 0.25) is 0 Å². The number of benzene rings is 2. The van der Waals surface area contributed by atoms with Crippen molar-refractivity contribution in [1.82, 2.24) is 9.71 Å². The first-order chi connectivity index (χ1) is 12.7. The third-order valence-electron chi connectivity index (χ3n) is 4.85. The Bertz CT molecular complexity index is 1160. The number of aryl methyl sites for hydroxylation is 2. The highest BCUT2D eigenvalue weighted by atomic mass is 32.2. The lowest BCUT2D eigenvalue weighted by Crippen LogP contribution is -2.27. The number of nitrogens with one attached hydrogen (secondary N) is 2. The van der Waals surface area contributed by atoms with Gasteiger partial charge in [0, 0.05) is 17.6 Å². The second kappa shape index (κ2) is 7.29. The molecular weight excluding hydrogens is 360 g/mol. The number of aromatic amines is 1. The lowest BCUT2D eigenvalue weighted by Gasteiger charge is -2.10. The van der Waals surface area contributed by atoms with E-state index in [0.717, 1.165) is 27.6 Å². The highest BCUT2D eigenvalue weighted by Crippen LogP contribution is 2.20. The zero-order valence-corrected chi connectivity index (χ0v) is 16.8. The summed E-state index contributed by atoms with van der Waals surface area (Å²) in [5, 5.41) is 0.890. The normalized spacial score (nSPS) is 12.0. The maximum Gasteiger partial charge on any atom is 0.252 e. The van der Waals surface area contributed by atoms with Crippen molar-refractivity contribution in [2.24, 2.45) is 0 Å². The van der Waals surface area contributed by atoms with Crippen molar-refractivity contribution in [2.75, 3.05) is 0 Å². The average Bonchev–Trinajstić information content (AvgIpc) is 2.61.